The average Bonchev–Trinajstić information content (AvgIpc) is 2.99. The minimum atomic E-state index is -0.258. The topological polar surface area (TPSA) is 51.5 Å². The lowest BCUT2D eigenvalue weighted by atomic mass is 10.1. The Bertz CT molecular complexity index is 768. The van der Waals surface area contributed by atoms with Crippen molar-refractivity contribution in [1.82, 2.24) is 5.32 Å². The molecular formula is C18H17NO3. The Kier molecular flexibility index (Phi) is 4.10. The Hall–Kier alpha value is -2.75. The van der Waals surface area contributed by atoms with Crippen LogP contribution in [0.15, 0.2) is 65.5 Å². The predicted molar refractivity (Wildman–Crippen MR) is 85.8 cm³/mol. The van der Waals surface area contributed by atoms with Crippen molar-refractivity contribution in [1.29, 1.82) is 0 Å². The third-order valence-electron chi connectivity index (χ3n) is 3.44. The van der Waals surface area contributed by atoms with Gasteiger partial charge in [-0.1, -0.05) is 30.4 Å². The van der Waals surface area contributed by atoms with Gasteiger partial charge in [0, 0.05) is 18.4 Å². The van der Waals surface area contributed by atoms with Gasteiger partial charge in [0.1, 0.15) is 17.8 Å². The Balaban J connectivity index is 1.91. The summed E-state index contributed by atoms with van der Waals surface area (Å²) in [5, 5.41) is 4.25. The minimum absolute atomic E-state index is 0.258. The normalized spacial score (nSPS) is 13.7. The van der Waals surface area contributed by atoms with Crippen molar-refractivity contribution in [3.63, 3.8) is 0 Å². The Labute approximate surface area is 128 Å². The van der Waals surface area contributed by atoms with E-state index in [9.17, 15) is 4.79 Å². The first-order chi connectivity index (χ1) is 10.8. The van der Waals surface area contributed by atoms with Gasteiger partial charge < -0.3 is 14.5 Å². The van der Waals surface area contributed by atoms with Gasteiger partial charge in [0.25, 0.3) is 5.91 Å². The van der Waals surface area contributed by atoms with Crippen LogP contribution >= 0.6 is 0 Å². The van der Waals surface area contributed by atoms with Crippen LogP contribution in [0.2, 0.25) is 0 Å². The lowest BCUT2D eigenvalue weighted by Crippen LogP contribution is -2.22. The lowest BCUT2D eigenvalue weighted by molar-refractivity contribution is 0.0932. The summed E-state index contributed by atoms with van der Waals surface area (Å²) in [7, 11) is 0. The molecule has 0 spiro atoms. The monoisotopic (exact) mass is 295 g/mol. The van der Waals surface area contributed by atoms with Gasteiger partial charge in [0.05, 0.1) is 5.39 Å². The molecule has 1 heterocycles. The zero-order valence-electron chi connectivity index (χ0n) is 12.2. The number of allylic oxidation sites excluding steroid dienone is 4. The highest BCUT2D eigenvalue weighted by atomic mass is 16.5. The van der Waals surface area contributed by atoms with E-state index >= 15 is 0 Å². The van der Waals surface area contributed by atoms with Crippen LogP contribution in [0.5, 0.6) is 5.75 Å². The molecule has 0 bridgehead atoms. The van der Waals surface area contributed by atoms with Gasteiger partial charge in [-0.3, -0.25) is 4.79 Å². The number of hydrogen-bond donors (Lipinski definition) is 1. The molecule has 4 heteroatoms. The van der Waals surface area contributed by atoms with Crippen LogP contribution in [-0.2, 0) is 0 Å². The van der Waals surface area contributed by atoms with Crippen LogP contribution in [0.25, 0.3) is 10.8 Å². The fourth-order valence-electron chi connectivity index (χ4n) is 2.36. The van der Waals surface area contributed by atoms with Gasteiger partial charge in [-0.15, -0.1) is 6.58 Å². The predicted octanol–water partition coefficient (Wildman–Crippen LogP) is 3.96. The van der Waals surface area contributed by atoms with Gasteiger partial charge >= 0.3 is 0 Å². The van der Waals surface area contributed by atoms with Crippen molar-refractivity contribution in [3.8, 4) is 5.75 Å². The summed E-state index contributed by atoms with van der Waals surface area (Å²) >= 11 is 0. The van der Waals surface area contributed by atoms with E-state index in [-0.39, 0.29) is 5.91 Å². The van der Waals surface area contributed by atoms with E-state index in [0.29, 0.717) is 18.1 Å². The maximum Gasteiger partial charge on any atom is 0.287 e. The number of amides is 1. The molecule has 1 aromatic carbocycles. The minimum Gasteiger partial charge on any atom is -0.461 e. The quantitative estimate of drug-likeness (QED) is 0.849. The number of hydrogen-bond acceptors (Lipinski definition) is 3. The molecule has 0 saturated heterocycles. The summed E-state index contributed by atoms with van der Waals surface area (Å²) in [5.74, 6) is 1.64. The molecule has 0 atom stereocenters. The molecule has 2 aromatic rings. The van der Waals surface area contributed by atoms with Gasteiger partial charge in [-0.05, 0) is 18.6 Å². The van der Waals surface area contributed by atoms with Crippen LogP contribution in [0.3, 0.4) is 0 Å². The van der Waals surface area contributed by atoms with Crippen LogP contribution in [0.1, 0.15) is 23.4 Å². The molecule has 0 fully saturated rings. The molecule has 1 aliphatic carbocycles. The SMILES string of the molecule is C=CCNC(=O)c1occ2c(OC3=CC=CCC3)cccc12. The van der Waals surface area contributed by atoms with Gasteiger partial charge in [-0.2, -0.15) is 0 Å². The number of rotatable bonds is 5. The van der Waals surface area contributed by atoms with Crippen LogP contribution in [-0.4, -0.2) is 12.5 Å². The molecule has 4 nitrogen and oxygen atoms in total. The van der Waals surface area contributed by atoms with E-state index in [0.717, 1.165) is 29.4 Å². The number of carbonyl (C=O) groups is 1. The molecule has 0 unspecified atom stereocenters. The third-order valence-corrected chi connectivity index (χ3v) is 3.44. The average molecular weight is 295 g/mol. The summed E-state index contributed by atoms with van der Waals surface area (Å²) in [4.78, 5) is 12.1. The molecule has 0 saturated carbocycles. The molecule has 0 aliphatic heterocycles. The van der Waals surface area contributed by atoms with Gasteiger partial charge in [0.2, 0.25) is 0 Å². The number of carbonyl (C=O) groups excluding carboxylic acids is 1. The van der Waals surface area contributed by atoms with Crippen LogP contribution in [0, 0.1) is 0 Å². The Morgan fingerprint density at radius 3 is 3.09 bits per heavy atom. The summed E-state index contributed by atoms with van der Waals surface area (Å²) in [5.41, 5.74) is 0. The lowest BCUT2D eigenvalue weighted by Gasteiger charge is -2.11. The van der Waals surface area contributed by atoms with E-state index < -0.39 is 0 Å². The molecule has 1 amide bonds. The van der Waals surface area contributed by atoms with Gasteiger partial charge in [0.15, 0.2) is 5.76 Å². The maximum absolute atomic E-state index is 12.1. The third kappa shape index (κ3) is 2.81. The Morgan fingerprint density at radius 2 is 2.32 bits per heavy atom. The fraction of sp³-hybridized carbons (Fsp3) is 0.167. The molecule has 1 aromatic heterocycles. The van der Waals surface area contributed by atoms with E-state index in [1.165, 1.54) is 0 Å². The van der Waals surface area contributed by atoms with Crippen molar-refractivity contribution in [3.05, 3.63) is 66.9 Å². The van der Waals surface area contributed by atoms with Crippen LogP contribution < -0.4 is 10.1 Å². The zero-order chi connectivity index (χ0) is 15.4. The van der Waals surface area contributed by atoms with E-state index in [1.54, 1.807) is 12.3 Å². The first-order valence-corrected chi connectivity index (χ1v) is 7.22. The highest BCUT2D eigenvalue weighted by Gasteiger charge is 2.17. The van der Waals surface area contributed by atoms with E-state index in [1.807, 2.05) is 30.4 Å². The molecule has 22 heavy (non-hydrogen) atoms. The standard InChI is InChI=1S/C18H17NO3/c1-2-11-19-18(20)17-14-9-6-10-16(15(14)12-21-17)22-13-7-4-3-5-8-13/h2-4,6-7,9-10,12H,1,5,8,11H2,(H,19,20). The second-order valence-electron chi connectivity index (χ2n) is 4.98. The molecule has 112 valence electrons. The molecule has 1 N–H and O–H groups in total. The first kappa shape index (κ1) is 14.2. The summed E-state index contributed by atoms with van der Waals surface area (Å²) in [6.07, 6.45) is 11.1. The van der Waals surface area contributed by atoms with E-state index in [4.69, 9.17) is 9.15 Å². The number of ether oxygens (including phenoxy) is 1. The highest BCUT2D eigenvalue weighted by molar-refractivity contribution is 6.06. The maximum atomic E-state index is 12.1. The van der Waals surface area contributed by atoms with Crippen molar-refractivity contribution in [2.75, 3.05) is 6.54 Å². The van der Waals surface area contributed by atoms with Gasteiger partial charge in [-0.25, -0.2) is 0 Å². The zero-order valence-corrected chi connectivity index (χ0v) is 12.2. The first-order valence-electron chi connectivity index (χ1n) is 7.22. The molecule has 0 radical (unpaired) electrons. The number of furan rings is 1. The molecule has 1 aliphatic rings. The molecule has 3 rings (SSSR count). The fourth-order valence-corrected chi connectivity index (χ4v) is 2.36. The smallest absolute Gasteiger partial charge is 0.287 e. The second-order valence-corrected chi connectivity index (χ2v) is 4.98. The van der Waals surface area contributed by atoms with Crippen molar-refractivity contribution in [2.45, 2.75) is 12.8 Å². The Morgan fingerprint density at radius 1 is 1.41 bits per heavy atom. The largest absolute Gasteiger partial charge is 0.461 e. The number of benzene rings is 1. The highest BCUT2D eigenvalue weighted by Crippen LogP contribution is 2.31. The molecular weight excluding hydrogens is 278 g/mol. The number of nitrogens with one attached hydrogen (secondary N) is 1. The second kappa shape index (κ2) is 6.35. The number of fused-ring (bicyclic) bond motifs is 1. The summed E-state index contributed by atoms with van der Waals surface area (Å²) in [6, 6.07) is 5.59. The van der Waals surface area contributed by atoms with Crippen molar-refractivity contribution < 1.29 is 13.9 Å². The summed E-state index contributed by atoms with van der Waals surface area (Å²) < 4.78 is 11.4. The van der Waals surface area contributed by atoms with Crippen molar-refractivity contribution in [2.24, 2.45) is 0 Å². The van der Waals surface area contributed by atoms with Crippen LogP contribution in [0.4, 0.5) is 0 Å². The van der Waals surface area contributed by atoms with Crippen molar-refractivity contribution >= 4 is 16.7 Å². The van der Waals surface area contributed by atoms with E-state index in [2.05, 4.69) is 18.0 Å². The summed E-state index contributed by atoms with van der Waals surface area (Å²) in [6.45, 7) is 3.98.